The lowest BCUT2D eigenvalue weighted by atomic mass is 10.1. The molecule has 0 aliphatic heterocycles. The number of nitrogens with zero attached hydrogens (tertiary/aromatic N) is 1. The maximum absolute atomic E-state index is 14.4. The summed E-state index contributed by atoms with van der Waals surface area (Å²) in [7, 11) is 0. The van der Waals surface area contributed by atoms with Gasteiger partial charge in [0.2, 0.25) is 17.6 Å². The lowest BCUT2D eigenvalue weighted by Gasteiger charge is -2.28. The Morgan fingerprint density at radius 1 is 1.14 bits per heavy atom. The van der Waals surface area contributed by atoms with Crippen LogP contribution in [-0.4, -0.2) is 24.4 Å². The quantitative estimate of drug-likeness (QED) is 0.658. The van der Waals surface area contributed by atoms with E-state index in [1.165, 1.54) is 24.0 Å². The molecule has 2 aromatic carbocycles. The molecule has 0 aliphatic carbocycles. The largest absolute Gasteiger partial charge is 0.420 e. The van der Waals surface area contributed by atoms with Gasteiger partial charge in [0.05, 0.1) is 12.2 Å². The van der Waals surface area contributed by atoms with Crippen molar-refractivity contribution in [3.8, 4) is 0 Å². The molecule has 3 aromatic rings. The average molecular weight is 383 g/mol. The molecule has 8 heteroatoms. The number of anilines is 2. The second-order valence-corrected chi connectivity index (χ2v) is 6.04. The summed E-state index contributed by atoms with van der Waals surface area (Å²) < 4.78 is 19.3. The van der Waals surface area contributed by atoms with E-state index in [-0.39, 0.29) is 23.2 Å². The molecule has 28 heavy (non-hydrogen) atoms. The van der Waals surface area contributed by atoms with Gasteiger partial charge in [0.15, 0.2) is 0 Å². The molecule has 0 saturated carbocycles. The molecular formula is C20H18FN3O4. The second-order valence-electron chi connectivity index (χ2n) is 6.04. The Balaban J connectivity index is 1.98. The number of nitrogens with two attached hydrogens (primary N) is 1. The summed E-state index contributed by atoms with van der Waals surface area (Å²) in [6.07, 6.45) is 0. The summed E-state index contributed by atoms with van der Waals surface area (Å²) in [5.74, 6) is -2.37. The molecule has 144 valence electrons. The summed E-state index contributed by atoms with van der Waals surface area (Å²) in [5.41, 5.74) is 4.60. The first-order chi connectivity index (χ1) is 13.4. The van der Waals surface area contributed by atoms with Gasteiger partial charge in [0.1, 0.15) is 11.6 Å². The highest BCUT2D eigenvalue weighted by Crippen LogP contribution is 2.25. The number of carbonyl (C=O) groups excluding carboxylic acids is 2. The van der Waals surface area contributed by atoms with Crippen LogP contribution in [0.2, 0.25) is 0 Å². The molecule has 2 amide bonds. The summed E-state index contributed by atoms with van der Waals surface area (Å²) in [5, 5.41) is 2.65. The zero-order valence-electron chi connectivity index (χ0n) is 15.0. The van der Waals surface area contributed by atoms with E-state index in [9.17, 15) is 18.8 Å². The molecule has 3 rings (SSSR count). The third-order valence-electron chi connectivity index (χ3n) is 4.25. The van der Waals surface area contributed by atoms with Crippen LogP contribution in [0.3, 0.4) is 0 Å². The lowest BCUT2D eigenvalue weighted by Crippen LogP contribution is -2.48. The van der Waals surface area contributed by atoms with E-state index >= 15 is 0 Å². The average Bonchev–Trinajstić information content (AvgIpc) is 2.71. The zero-order chi connectivity index (χ0) is 20.3. The topological polar surface area (TPSA) is 106 Å². The SMILES string of the molecule is C[C@@H](C(=O)Nc1c(F)c(=O)oc2ccccc12)N(C(=O)CN)c1ccccc1. The summed E-state index contributed by atoms with van der Waals surface area (Å²) >= 11 is 0. The molecule has 7 nitrogen and oxygen atoms in total. The number of hydrogen-bond donors (Lipinski definition) is 2. The van der Waals surface area contributed by atoms with Gasteiger partial charge in [0.25, 0.3) is 0 Å². The number of carbonyl (C=O) groups is 2. The minimum absolute atomic E-state index is 0.134. The van der Waals surface area contributed by atoms with Gasteiger partial charge in [0, 0.05) is 11.1 Å². The Morgan fingerprint density at radius 3 is 2.46 bits per heavy atom. The summed E-state index contributed by atoms with van der Waals surface area (Å²) in [6, 6.07) is 13.7. The maximum Gasteiger partial charge on any atom is 0.374 e. The van der Waals surface area contributed by atoms with Crippen LogP contribution in [0.15, 0.2) is 63.8 Å². The van der Waals surface area contributed by atoms with E-state index in [0.29, 0.717) is 5.69 Å². The number of halogens is 1. The molecule has 0 bridgehead atoms. The highest BCUT2D eigenvalue weighted by Gasteiger charge is 2.28. The third-order valence-corrected chi connectivity index (χ3v) is 4.25. The molecule has 1 aromatic heterocycles. The fraction of sp³-hybridized carbons (Fsp3) is 0.150. The molecule has 0 aliphatic rings. The molecule has 1 atom stereocenters. The lowest BCUT2D eigenvalue weighted by molar-refractivity contribution is -0.122. The highest BCUT2D eigenvalue weighted by atomic mass is 19.1. The Hall–Kier alpha value is -3.52. The summed E-state index contributed by atoms with van der Waals surface area (Å²) in [6.45, 7) is 1.18. The third kappa shape index (κ3) is 3.63. The molecule has 0 saturated heterocycles. The minimum Gasteiger partial charge on any atom is -0.420 e. The van der Waals surface area contributed by atoms with Crippen molar-refractivity contribution in [3.05, 3.63) is 70.8 Å². The number of fused-ring (bicyclic) bond motifs is 1. The van der Waals surface area contributed by atoms with Crippen LogP contribution in [0.1, 0.15) is 6.92 Å². The second kappa shape index (κ2) is 8.01. The van der Waals surface area contributed by atoms with Crippen molar-refractivity contribution in [3.63, 3.8) is 0 Å². The van der Waals surface area contributed by atoms with Crippen LogP contribution in [0.4, 0.5) is 15.8 Å². The zero-order valence-corrected chi connectivity index (χ0v) is 15.0. The first-order valence-corrected chi connectivity index (χ1v) is 8.53. The van der Waals surface area contributed by atoms with Crippen LogP contribution in [0.25, 0.3) is 11.0 Å². The van der Waals surface area contributed by atoms with Crippen molar-refractivity contribution in [1.82, 2.24) is 0 Å². The van der Waals surface area contributed by atoms with E-state index in [1.807, 2.05) is 0 Å². The normalized spacial score (nSPS) is 11.8. The molecular weight excluding hydrogens is 365 g/mol. The first kappa shape index (κ1) is 19.2. The molecule has 0 spiro atoms. The molecule has 3 N–H and O–H groups in total. The fourth-order valence-electron chi connectivity index (χ4n) is 2.86. The Morgan fingerprint density at radius 2 is 1.79 bits per heavy atom. The van der Waals surface area contributed by atoms with E-state index in [2.05, 4.69) is 5.32 Å². The predicted molar refractivity (Wildman–Crippen MR) is 104 cm³/mol. The van der Waals surface area contributed by atoms with Gasteiger partial charge in [-0.1, -0.05) is 30.3 Å². The number of rotatable bonds is 5. The summed E-state index contributed by atoms with van der Waals surface area (Å²) in [4.78, 5) is 38.1. The van der Waals surface area contributed by atoms with Gasteiger partial charge < -0.3 is 15.5 Å². The van der Waals surface area contributed by atoms with Crippen LogP contribution in [0, 0.1) is 5.82 Å². The van der Waals surface area contributed by atoms with E-state index in [0.717, 1.165) is 0 Å². The Bertz CT molecular complexity index is 1080. The molecule has 1 heterocycles. The number of hydrogen-bond acceptors (Lipinski definition) is 5. The van der Waals surface area contributed by atoms with Crippen molar-refractivity contribution in [2.24, 2.45) is 5.73 Å². The first-order valence-electron chi connectivity index (χ1n) is 8.53. The highest BCUT2D eigenvalue weighted by molar-refractivity contribution is 6.08. The van der Waals surface area contributed by atoms with Crippen molar-refractivity contribution in [2.45, 2.75) is 13.0 Å². The van der Waals surface area contributed by atoms with Gasteiger partial charge >= 0.3 is 5.63 Å². The molecule has 0 unspecified atom stereocenters. The fourth-order valence-corrected chi connectivity index (χ4v) is 2.86. The Labute approximate surface area is 159 Å². The van der Waals surface area contributed by atoms with E-state index in [1.54, 1.807) is 42.5 Å². The number of para-hydroxylation sites is 2. The van der Waals surface area contributed by atoms with Gasteiger partial charge in [-0.25, -0.2) is 4.79 Å². The smallest absolute Gasteiger partial charge is 0.374 e. The van der Waals surface area contributed by atoms with Crippen LogP contribution >= 0.6 is 0 Å². The number of amides is 2. The number of benzene rings is 2. The van der Waals surface area contributed by atoms with Crippen molar-refractivity contribution >= 4 is 34.2 Å². The van der Waals surface area contributed by atoms with Gasteiger partial charge in [-0.2, -0.15) is 4.39 Å². The van der Waals surface area contributed by atoms with Crippen LogP contribution < -0.4 is 21.6 Å². The van der Waals surface area contributed by atoms with E-state index < -0.39 is 29.3 Å². The van der Waals surface area contributed by atoms with Crippen molar-refractivity contribution in [2.75, 3.05) is 16.8 Å². The van der Waals surface area contributed by atoms with Crippen molar-refractivity contribution < 1.29 is 18.4 Å². The number of nitrogens with one attached hydrogen (secondary N) is 1. The van der Waals surface area contributed by atoms with E-state index in [4.69, 9.17) is 10.2 Å². The van der Waals surface area contributed by atoms with Gasteiger partial charge in [-0.15, -0.1) is 0 Å². The van der Waals surface area contributed by atoms with Crippen LogP contribution in [-0.2, 0) is 9.59 Å². The molecule has 0 fully saturated rings. The predicted octanol–water partition coefficient (Wildman–Crippen LogP) is 2.25. The maximum atomic E-state index is 14.4. The standard InChI is InChI=1S/C20H18FN3O4/c1-12(24(16(25)11-22)13-7-3-2-4-8-13)19(26)23-18-14-9-5-6-10-15(14)28-20(27)17(18)21/h2-10,12H,11,22H2,1H3,(H,23,26)/t12-/m0/s1. The van der Waals surface area contributed by atoms with Crippen LogP contribution in [0.5, 0.6) is 0 Å². The monoisotopic (exact) mass is 383 g/mol. The Kier molecular flexibility index (Phi) is 5.51. The minimum atomic E-state index is -1.21. The van der Waals surface area contributed by atoms with Gasteiger partial charge in [-0.05, 0) is 31.2 Å². The van der Waals surface area contributed by atoms with Crippen molar-refractivity contribution in [1.29, 1.82) is 0 Å². The molecule has 0 radical (unpaired) electrons. The van der Waals surface area contributed by atoms with Gasteiger partial charge in [-0.3, -0.25) is 14.5 Å².